The molecular weight excluding hydrogens is 386 g/mol. The molecule has 2 aromatic rings. The van der Waals surface area contributed by atoms with Crippen LogP contribution in [0.1, 0.15) is 61.1 Å². The zero-order valence-corrected chi connectivity index (χ0v) is 18.5. The Labute approximate surface area is 176 Å². The SMILES string of the molecule is COc1cc(C2CC(=O)Nc3sc4c(c32)CCC(C(C)(C)C)C4)cc(OC)c1O. The first kappa shape index (κ1) is 20.1. The Hall–Kier alpha value is -2.21. The normalized spacial score (nSPS) is 21.2. The molecule has 0 spiro atoms. The Bertz CT molecular complexity index is 932. The number of hydrogen-bond donors (Lipinski definition) is 2. The van der Waals surface area contributed by atoms with Crippen molar-refractivity contribution < 1.29 is 19.4 Å². The van der Waals surface area contributed by atoms with Crippen molar-refractivity contribution in [1.29, 1.82) is 0 Å². The van der Waals surface area contributed by atoms with E-state index in [9.17, 15) is 9.90 Å². The molecule has 6 heteroatoms. The van der Waals surface area contributed by atoms with Crippen molar-refractivity contribution in [3.63, 3.8) is 0 Å². The summed E-state index contributed by atoms with van der Waals surface area (Å²) < 4.78 is 10.7. The molecule has 1 aromatic heterocycles. The van der Waals surface area contributed by atoms with E-state index in [1.54, 1.807) is 11.3 Å². The molecule has 2 aliphatic rings. The van der Waals surface area contributed by atoms with E-state index in [2.05, 4.69) is 26.1 Å². The lowest BCUT2D eigenvalue weighted by atomic mass is 9.71. The molecule has 2 heterocycles. The third-order valence-corrected chi connectivity index (χ3v) is 7.61. The lowest BCUT2D eigenvalue weighted by molar-refractivity contribution is -0.116. The highest BCUT2D eigenvalue weighted by atomic mass is 32.1. The van der Waals surface area contributed by atoms with E-state index in [-0.39, 0.29) is 23.0 Å². The van der Waals surface area contributed by atoms with Gasteiger partial charge in [0.15, 0.2) is 11.5 Å². The van der Waals surface area contributed by atoms with E-state index >= 15 is 0 Å². The molecule has 1 aliphatic heterocycles. The predicted octanol–water partition coefficient (Wildman–Crippen LogP) is 5.10. The van der Waals surface area contributed by atoms with E-state index in [4.69, 9.17) is 9.47 Å². The highest BCUT2D eigenvalue weighted by molar-refractivity contribution is 7.16. The van der Waals surface area contributed by atoms with Crippen LogP contribution in [0.4, 0.5) is 5.00 Å². The summed E-state index contributed by atoms with van der Waals surface area (Å²) >= 11 is 1.74. The maximum atomic E-state index is 12.5. The second-order valence-electron chi connectivity index (χ2n) is 9.13. The highest BCUT2D eigenvalue weighted by Gasteiger charge is 2.37. The highest BCUT2D eigenvalue weighted by Crippen LogP contribution is 2.51. The van der Waals surface area contributed by atoms with Crippen molar-refractivity contribution in [2.75, 3.05) is 19.5 Å². The third kappa shape index (κ3) is 3.48. The van der Waals surface area contributed by atoms with Crippen LogP contribution in [0.25, 0.3) is 0 Å². The summed E-state index contributed by atoms with van der Waals surface area (Å²) in [6.45, 7) is 6.95. The van der Waals surface area contributed by atoms with Gasteiger partial charge in [-0.3, -0.25) is 4.79 Å². The van der Waals surface area contributed by atoms with Crippen LogP contribution < -0.4 is 14.8 Å². The second kappa shape index (κ2) is 7.24. The van der Waals surface area contributed by atoms with Crippen LogP contribution in [0, 0.1) is 11.3 Å². The van der Waals surface area contributed by atoms with Gasteiger partial charge in [-0.05, 0) is 59.4 Å². The smallest absolute Gasteiger partial charge is 0.225 e. The number of methoxy groups -OCH3 is 2. The van der Waals surface area contributed by atoms with Gasteiger partial charge in [0, 0.05) is 17.2 Å². The fourth-order valence-electron chi connectivity index (χ4n) is 4.68. The first-order chi connectivity index (χ1) is 13.7. The Balaban J connectivity index is 1.80. The van der Waals surface area contributed by atoms with Crippen molar-refractivity contribution in [3.05, 3.63) is 33.7 Å². The number of phenolic OH excluding ortho intramolecular Hbond substituents is 1. The number of carbonyl (C=O) groups is 1. The number of aromatic hydroxyl groups is 1. The number of ether oxygens (including phenoxy) is 2. The molecule has 1 amide bonds. The molecule has 0 bridgehead atoms. The molecular formula is C23H29NO4S. The molecule has 2 unspecified atom stereocenters. The van der Waals surface area contributed by atoms with E-state index in [0.29, 0.717) is 23.8 Å². The van der Waals surface area contributed by atoms with E-state index < -0.39 is 0 Å². The topological polar surface area (TPSA) is 67.8 Å². The molecule has 4 rings (SSSR count). The number of hydrogen-bond acceptors (Lipinski definition) is 5. The van der Waals surface area contributed by atoms with Crippen molar-refractivity contribution >= 4 is 22.2 Å². The number of nitrogens with one attached hydrogen (secondary N) is 1. The molecule has 0 radical (unpaired) electrons. The first-order valence-electron chi connectivity index (χ1n) is 10.1. The van der Waals surface area contributed by atoms with Crippen LogP contribution in [0.15, 0.2) is 12.1 Å². The minimum absolute atomic E-state index is 0.0143. The van der Waals surface area contributed by atoms with Gasteiger partial charge in [-0.15, -0.1) is 11.3 Å². The lowest BCUT2D eigenvalue weighted by Crippen LogP contribution is -2.27. The number of rotatable bonds is 3. The molecule has 29 heavy (non-hydrogen) atoms. The van der Waals surface area contributed by atoms with Gasteiger partial charge in [0.1, 0.15) is 0 Å². The number of carbonyl (C=O) groups excluding carboxylic acids is 1. The minimum atomic E-state index is -0.0617. The van der Waals surface area contributed by atoms with Crippen LogP contribution in [0.5, 0.6) is 17.2 Å². The molecule has 2 N–H and O–H groups in total. The first-order valence-corrected chi connectivity index (χ1v) is 10.9. The lowest BCUT2D eigenvalue weighted by Gasteiger charge is -2.34. The summed E-state index contributed by atoms with van der Waals surface area (Å²) in [5, 5.41) is 14.4. The number of fused-ring (bicyclic) bond motifs is 3. The van der Waals surface area contributed by atoms with E-state index in [0.717, 1.165) is 23.4 Å². The predicted molar refractivity (Wildman–Crippen MR) is 116 cm³/mol. The van der Waals surface area contributed by atoms with Gasteiger partial charge in [-0.1, -0.05) is 20.8 Å². The number of amides is 1. The van der Waals surface area contributed by atoms with Crippen molar-refractivity contribution in [2.24, 2.45) is 11.3 Å². The van der Waals surface area contributed by atoms with Gasteiger partial charge in [0.25, 0.3) is 0 Å². The third-order valence-electron chi connectivity index (χ3n) is 6.43. The number of anilines is 1. The molecule has 1 aliphatic carbocycles. The maximum absolute atomic E-state index is 12.5. The monoisotopic (exact) mass is 415 g/mol. The Morgan fingerprint density at radius 2 is 1.79 bits per heavy atom. The van der Waals surface area contributed by atoms with Gasteiger partial charge in [-0.2, -0.15) is 0 Å². The van der Waals surface area contributed by atoms with Crippen LogP contribution in [-0.2, 0) is 17.6 Å². The fourth-order valence-corrected chi connectivity index (χ4v) is 6.08. The summed E-state index contributed by atoms with van der Waals surface area (Å²) in [5.41, 5.74) is 3.86. The van der Waals surface area contributed by atoms with Crippen LogP contribution in [0.3, 0.4) is 0 Å². The summed E-state index contributed by atoms with van der Waals surface area (Å²) in [6, 6.07) is 3.66. The average molecular weight is 416 g/mol. The number of thiophene rings is 1. The zero-order valence-electron chi connectivity index (χ0n) is 17.7. The molecule has 0 saturated carbocycles. The average Bonchev–Trinajstić information content (AvgIpc) is 3.04. The molecule has 2 atom stereocenters. The Morgan fingerprint density at radius 1 is 1.14 bits per heavy atom. The standard InChI is InChI=1S/C23H29NO4S/c1-23(2,3)13-6-7-14-18(10-13)29-22-20(14)15(11-19(25)24-22)12-8-16(27-4)21(26)17(9-12)28-5/h8-9,13,15,26H,6-7,10-11H2,1-5H3,(H,24,25). The second-order valence-corrected chi connectivity index (χ2v) is 10.2. The Morgan fingerprint density at radius 3 is 2.38 bits per heavy atom. The summed E-state index contributed by atoms with van der Waals surface area (Å²) in [5.74, 6) is 1.33. The van der Waals surface area contributed by atoms with Gasteiger partial charge >= 0.3 is 0 Å². The number of phenols is 1. The summed E-state index contributed by atoms with van der Waals surface area (Å²) in [4.78, 5) is 13.9. The maximum Gasteiger partial charge on any atom is 0.225 e. The number of benzene rings is 1. The molecule has 5 nitrogen and oxygen atoms in total. The minimum Gasteiger partial charge on any atom is -0.502 e. The van der Waals surface area contributed by atoms with Crippen LogP contribution in [0.2, 0.25) is 0 Å². The molecule has 0 saturated heterocycles. The Kier molecular flexibility index (Phi) is 5.01. The van der Waals surface area contributed by atoms with Crippen LogP contribution >= 0.6 is 11.3 Å². The van der Waals surface area contributed by atoms with Crippen molar-refractivity contribution in [2.45, 2.75) is 52.4 Å². The van der Waals surface area contributed by atoms with E-state index in [1.807, 2.05) is 12.1 Å². The molecule has 1 aromatic carbocycles. The van der Waals surface area contributed by atoms with Crippen molar-refractivity contribution in [1.82, 2.24) is 0 Å². The summed E-state index contributed by atoms with van der Waals surface area (Å²) in [6.07, 6.45) is 3.67. The van der Waals surface area contributed by atoms with Gasteiger partial charge in [-0.25, -0.2) is 0 Å². The quantitative estimate of drug-likeness (QED) is 0.732. The fraction of sp³-hybridized carbons (Fsp3) is 0.522. The molecule has 0 fully saturated rings. The van der Waals surface area contributed by atoms with Gasteiger partial charge in [0.2, 0.25) is 11.7 Å². The largest absolute Gasteiger partial charge is 0.502 e. The van der Waals surface area contributed by atoms with E-state index in [1.165, 1.54) is 36.6 Å². The van der Waals surface area contributed by atoms with Crippen LogP contribution in [-0.4, -0.2) is 25.2 Å². The summed E-state index contributed by atoms with van der Waals surface area (Å²) in [7, 11) is 3.05. The van der Waals surface area contributed by atoms with Crippen molar-refractivity contribution in [3.8, 4) is 17.2 Å². The van der Waals surface area contributed by atoms with Gasteiger partial charge in [0.05, 0.1) is 19.2 Å². The molecule has 156 valence electrons. The van der Waals surface area contributed by atoms with Gasteiger partial charge < -0.3 is 19.9 Å². The zero-order chi connectivity index (χ0) is 20.9.